The maximum atomic E-state index is 11.1. The van der Waals surface area contributed by atoms with Crippen LogP contribution in [0.25, 0.3) is 0 Å². The fraction of sp³-hybridized carbons (Fsp3) is 0.952. The zero-order valence-corrected chi connectivity index (χ0v) is 18.3. The maximum Gasteiger partial charge on any atom is 0.307 e. The Morgan fingerprint density at radius 3 is 2.15 bits per heavy atom. The molecular weight excluding hydrogens is 344 g/mol. The van der Waals surface area contributed by atoms with Crippen molar-refractivity contribution in [1.29, 1.82) is 0 Å². The van der Waals surface area contributed by atoms with Crippen molar-refractivity contribution >= 4 is 5.97 Å². The summed E-state index contributed by atoms with van der Waals surface area (Å²) in [6, 6.07) is -0.0781. The van der Waals surface area contributed by atoms with Crippen LogP contribution in [0, 0.1) is 5.92 Å². The number of rotatable bonds is 12. The number of piperidine rings is 1. The van der Waals surface area contributed by atoms with E-state index < -0.39 is 11.9 Å². The van der Waals surface area contributed by atoms with Gasteiger partial charge in [0.05, 0.1) is 12.5 Å². The first-order valence-electron chi connectivity index (χ1n) is 10.6. The topological polar surface area (TPSA) is 73.2 Å². The Labute approximate surface area is 165 Å². The highest BCUT2D eigenvalue weighted by atomic mass is 16.7. The van der Waals surface area contributed by atoms with Gasteiger partial charge in [-0.3, -0.25) is 9.63 Å². The van der Waals surface area contributed by atoms with E-state index in [2.05, 4.69) is 39.7 Å². The van der Waals surface area contributed by atoms with Gasteiger partial charge >= 0.3 is 5.97 Å². The standard InChI is InChI=1S/C21H42N2O4/c1-7-8-9-10-11-12-13-27-23-20(3,4)14-18(15-21(23,5)6)22(26)16-17(2)19(24)25/h17-18,26H,7-16H2,1-6H3,(H,24,25). The van der Waals surface area contributed by atoms with Crippen LogP contribution in [-0.2, 0) is 9.63 Å². The lowest BCUT2D eigenvalue weighted by atomic mass is 9.78. The summed E-state index contributed by atoms with van der Waals surface area (Å²) >= 11 is 0. The summed E-state index contributed by atoms with van der Waals surface area (Å²) in [7, 11) is 0. The van der Waals surface area contributed by atoms with Crippen molar-refractivity contribution in [3.63, 3.8) is 0 Å². The quantitative estimate of drug-likeness (QED) is 0.374. The van der Waals surface area contributed by atoms with Crippen LogP contribution in [0.4, 0.5) is 0 Å². The van der Waals surface area contributed by atoms with Crippen LogP contribution in [0.1, 0.15) is 92.9 Å². The van der Waals surface area contributed by atoms with E-state index >= 15 is 0 Å². The van der Waals surface area contributed by atoms with E-state index in [1.165, 1.54) is 37.2 Å². The van der Waals surface area contributed by atoms with Crippen LogP contribution >= 0.6 is 0 Å². The summed E-state index contributed by atoms with van der Waals surface area (Å²) in [6.07, 6.45) is 8.89. The molecular formula is C21H42N2O4. The summed E-state index contributed by atoms with van der Waals surface area (Å²) in [5, 5.41) is 22.9. The van der Waals surface area contributed by atoms with Crippen molar-refractivity contribution in [2.75, 3.05) is 13.2 Å². The number of hydrogen-bond donors (Lipinski definition) is 2. The van der Waals surface area contributed by atoms with Crippen LogP contribution in [-0.4, -0.2) is 56.7 Å². The molecule has 1 unspecified atom stereocenters. The molecule has 1 aliphatic rings. The Morgan fingerprint density at radius 2 is 1.63 bits per heavy atom. The molecule has 6 nitrogen and oxygen atoms in total. The fourth-order valence-corrected chi connectivity index (χ4v) is 4.32. The Hall–Kier alpha value is -0.690. The van der Waals surface area contributed by atoms with Gasteiger partial charge in [0.1, 0.15) is 0 Å². The number of hydroxylamine groups is 4. The minimum absolute atomic E-state index is 0.0781. The van der Waals surface area contributed by atoms with Crippen LogP contribution in [0.5, 0.6) is 0 Å². The molecule has 0 aromatic rings. The van der Waals surface area contributed by atoms with E-state index in [9.17, 15) is 10.0 Å². The van der Waals surface area contributed by atoms with Crippen molar-refractivity contribution < 1.29 is 19.9 Å². The summed E-state index contributed by atoms with van der Waals surface area (Å²) in [5.74, 6) is -1.48. The van der Waals surface area contributed by atoms with E-state index in [0.29, 0.717) is 0 Å². The third-order valence-corrected chi connectivity index (χ3v) is 5.59. The molecule has 1 saturated heterocycles. The van der Waals surface area contributed by atoms with Crippen molar-refractivity contribution in [3.05, 3.63) is 0 Å². The molecule has 0 aromatic heterocycles. The third kappa shape index (κ3) is 7.68. The molecule has 160 valence electrons. The van der Waals surface area contributed by atoms with Gasteiger partial charge in [0.2, 0.25) is 0 Å². The number of unbranched alkanes of at least 4 members (excludes halogenated alkanes) is 5. The van der Waals surface area contributed by atoms with Gasteiger partial charge in [0, 0.05) is 23.7 Å². The first-order chi connectivity index (χ1) is 12.5. The van der Waals surface area contributed by atoms with E-state index in [-0.39, 0.29) is 23.7 Å². The number of carboxylic acids is 1. The second kappa shape index (κ2) is 10.7. The Kier molecular flexibility index (Phi) is 9.69. The molecule has 0 saturated carbocycles. The van der Waals surface area contributed by atoms with Gasteiger partial charge in [-0.05, 0) is 47.0 Å². The van der Waals surface area contributed by atoms with Gasteiger partial charge in [0.25, 0.3) is 0 Å². The second-order valence-corrected chi connectivity index (χ2v) is 9.44. The lowest BCUT2D eigenvalue weighted by Crippen LogP contribution is -2.64. The molecule has 1 atom stereocenters. The lowest BCUT2D eigenvalue weighted by molar-refractivity contribution is -0.300. The minimum Gasteiger partial charge on any atom is -0.481 e. The van der Waals surface area contributed by atoms with E-state index in [4.69, 9.17) is 9.94 Å². The van der Waals surface area contributed by atoms with Crippen LogP contribution in [0.3, 0.4) is 0 Å². The molecule has 0 aliphatic carbocycles. The molecule has 0 radical (unpaired) electrons. The number of hydrogen-bond acceptors (Lipinski definition) is 5. The number of nitrogens with zero attached hydrogens (tertiary/aromatic N) is 2. The van der Waals surface area contributed by atoms with Gasteiger partial charge in [-0.25, -0.2) is 0 Å². The van der Waals surface area contributed by atoms with Gasteiger partial charge < -0.3 is 10.3 Å². The first kappa shape index (κ1) is 24.3. The molecule has 1 aliphatic heterocycles. The van der Waals surface area contributed by atoms with Gasteiger partial charge in [0.15, 0.2) is 0 Å². The molecule has 6 heteroatoms. The molecule has 0 bridgehead atoms. The van der Waals surface area contributed by atoms with E-state index in [0.717, 1.165) is 25.9 Å². The summed E-state index contributed by atoms with van der Waals surface area (Å²) < 4.78 is 0. The van der Waals surface area contributed by atoms with Gasteiger partial charge in [-0.15, -0.1) is 0 Å². The highest BCUT2D eigenvalue weighted by molar-refractivity contribution is 5.69. The molecule has 0 aromatic carbocycles. The smallest absolute Gasteiger partial charge is 0.307 e. The van der Waals surface area contributed by atoms with Crippen molar-refractivity contribution in [3.8, 4) is 0 Å². The largest absolute Gasteiger partial charge is 0.481 e. The normalized spacial score (nSPS) is 21.5. The van der Waals surface area contributed by atoms with Crippen molar-refractivity contribution in [2.24, 2.45) is 5.92 Å². The van der Waals surface area contributed by atoms with Gasteiger partial charge in [-0.1, -0.05) is 46.0 Å². The number of aliphatic carboxylic acids is 1. The van der Waals surface area contributed by atoms with E-state index in [1.807, 2.05) is 0 Å². The summed E-state index contributed by atoms with van der Waals surface area (Å²) in [4.78, 5) is 17.3. The van der Waals surface area contributed by atoms with Gasteiger partial charge in [-0.2, -0.15) is 10.1 Å². The third-order valence-electron chi connectivity index (χ3n) is 5.59. The Bertz CT molecular complexity index is 435. The molecule has 1 fully saturated rings. The van der Waals surface area contributed by atoms with Crippen LogP contribution < -0.4 is 0 Å². The van der Waals surface area contributed by atoms with Crippen molar-refractivity contribution in [2.45, 2.75) is 110 Å². The molecule has 1 heterocycles. The molecule has 1 rings (SSSR count). The molecule has 27 heavy (non-hydrogen) atoms. The first-order valence-corrected chi connectivity index (χ1v) is 10.6. The summed E-state index contributed by atoms with van der Waals surface area (Å²) in [5.41, 5.74) is -0.468. The second-order valence-electron chi connectivity index (χ2n) is 9.44. The monoisotopic (exact) mass is 386 g/mol. The van der Waals surface area contributed by atoms with Crippen LogP contribution in [0.15, 0.2) is 0 Å². The highest BCUT2D eigenvalue weighted by Crippen LogP contribution is 2.40. The maximum absolute atomic E-state index is 11.1. The van der Waals surface area contributed by atoms with E-state index in [1.54, 1.807) is 6.92 Å². The highest BCUT2D eigenvalue weighted by Gasteiger charge is 2.48. The predicted octanol–water partition coefficient (Wildman–Crippen LogP) is 4.71. The Balaban J connectivity index is 2.57. The average Bonchev–Trinajstić information content (AvgIpc) is 2.54. The zero-order valence-electron chi connectivity index (χ0n) is 18.3. The SMILES string of the molecule is CCCCCCCCON1C(C)(C)CC(N(O)CC(C)C(=O)O)CC1(C)C. The molecule has 0 amide bonds. The molecule has 2 N–H and O–H groups in total. The Morgan fingerprint density at radius 1 is 1.11 bits per heavy atom. The van der Waals surface area contributed by atoms with Crippen LogP contribution in [0.2, 0.25) is 0 Å². The zero-order chi connectivity index (χ0) is 20.7. The van der Waals surface area contributed by atoms with Crippen molar-refractivity contribution in [1.82, 2.24) is 10.1 Å². The number of carboxylic acid groups (broad SMARTS) is 1. The predicted molar refractivity (Wildman–Crippen MR) is 108 cm³/mol. The fourth-order valence-electron chi connectivity index (χ4n) is 4.32. The number of carbonyl (C=O) groups is 1. The lowest BCUT2D eigenvalue weighted by Gasteiger charge is -2.54. The minimum atomic E-state index is -0.882. The summed E-state index contributed by atoms with van der Waals surface area (Å²) in [6.45, 7) is 13.3. The average molecular weight is 387 g/mol. The molecule has 0 spiro atoms.